The van der Waals surface area contributed by atoms with Crippen molar-refractivity contribution in [2.75, 3.05) is 24.6 Å². The van der Waals surface area contributed by atoms with Gasteiger partial charge in [0, 0.05) is 18.5 Å². The molecule has 0 saturated carbocycles. The SMILES string of the molecule is NC(=O)c1cncc(N2CC[C@H](O)[C@@](CO)(Cc3ccc(F)cc3)C2)n1. The van der Waals surface area contributed by atoms with Crippen molar-refractivity contribution >= 4 is 11.7 Å². The predicted molar refractivity (Wildman–Crippen MR) is 93.0 cm³/mol. The van der Waals surface area contributed by atoms with Gasteiger partial charge in [-0.3, -0.25) is 9.78 Å². The summed E-state index contributed by atoms with van der Waals surface area (Å²) >= 11 is 0. The number of carbonyl (C=O) groups excluding carboxylic acids is 1. The minimum absolute atomic E-state index is 0.0572. The lowest BCUT2D eigenvalue weighted by atomic mass is 9.73. The fraction of sp³-hybridized carbons (Fsp3) is 0.389. The van der Waals surface area contributed by atoms with E-state index in [2.05, 4.69) is 9.97 Å². The van der Waals surface area contributed by atoms with Gasteiger partial charge in [0.15, 0.2) is 0 Å². The van der Waals surface area contributed by atoms with Crippen molar-refractivity contribution in [1.82, 2.24) is 9.97 Å². The number of piperidine rings is 1. The van der Waals surface area contributed by atoms with Crippen LogP contribution in [0, 0.1) is 11.2 Å². The van der Waals surface area contributed by atoms with Crippen molar-refractivity contribution in [2.24, 2.45) is 11.1 Å². The van der Waals surface area contributed by atoms with Crippen molar-refractivity contribution in [3.63, 3.8) is 0 Å². The van der Waals surface area contributed by atoms with Gasteiger partial charge in [-0.1, -0.05) is 12.1 Å². The highest BCUT2D eigenvalue weighted by Gasteiger charge is 2.43. The van der Waals surface area contributed by atoms with Gasteiger partial charge in [0.2, 0.25) is 0 Å². The number of aliphatic hydroxyl groups is 2. The Bertz CT molecular complexity index is 786. The zero-order chi connectivity index (χ0) is 18.7. The quantitative estimate of drug-likeness (QED) is 0.716. The van der Waals surface area contributed by atoms with Gasteiger partial charge in [-0.2, -0.15) is 0 Å². The third-order valence-electron chi connectivity index (χ3n) is 4.87. The van der Waals surface area contributed by atoms with Crippen LogP contribution in [0.2, 0.25) is 0 Å². The molecule has 1 aromatic heterocycles. The summed E-state index contributed by atoms with van der Waals surface area (Å²) in [5.41, 5.74) is 5.30. The van der Waals surface area contributed by atoms with Crippen molar-refractivity contribution < 1.29 is 19.4 Å². The number of carbonyl (C=O) groups is 1. The van der Waals surface area contributed by atoms with Gasteiger partial charge in [-0.25, -0.2) is 9.37 Å². The minimum atomic E-state index is -0.833. The molecule has 0 radical (unpaired) electrons. The first-order valence-corrected chi connectivity index (χ1v) is 8.34. The Morgan fingerprint density at radius 3 is 2.73 bits per heavy atom. The molecular formula is C18H21FN4O3. The standard InChI is InChI=1S/C18H21FN4O3/c19-13-3-1-12(2-4-13)7-18(11-24)10-23(6-5-15(18)25)16-9-21-8-14(22-16)17(20)26/h1-4,8-9,15,24-25H,5-7,10-11H2,(H2,20,26)/t15-,18-/m0/s1. The van der Waals surface area contributed by atoms with Gasteiger partial charge in [0.1, 0.15) is 17.3 Å². The second kappa shape index (κ2) is 7.35. The molecule has 0 spiro atoms. The molecule has 7 nitrogen and oxygen atoms in total. The van der Waals surface area contributed by atoms with E-state index < -0.39 is 17.4 Å². The topological polar surface area (TPSA) is 113 Å². The van der Waals surface area contributed by atoms with Crippen LogP contribution in [0.5, 0.6) is 0 Å². The molecule has 1 fully saturated rings. The van der Waals surface area contributed by atoms with Gasteiger partial charge in [-0.15, -0.1) is 0 Å². The molecule has 8 heteroatoms. The van der Waals surface area contributed by atoms with Crippen LogP contribution >= 0.6 is 0 Å². The minimum Gasteiger partial charge on any atom is -0.396 e. The monoisotopic (exact) mass is 360 g/mol. The molecule has 1 aliphatic heterocycles. The molecule has 0 aliphatic carbocycles. The molecular weight excluding hydrogens is 339 g/mol. The van der Waals surface area contributed by atoms with E-state index in [1.807, 2.05) is 4.90 Å². The second-order valence-electron chi connectivity index (χ2n) is 6.68. The highest BCUT2D eigenvalue weighted by molar-refractivity contribution is 5.90. The maximum Gasteiger partial charge on any atom is 0.268 e. The summed E-state index contributed by atoms with van der Waals surface area (Å²) < 4.78 is 13.1. The largest absolute Gasteiger partial charge is 0.396 e. The van der Waals surface area contributed by atoms with Gasteiger partial charge < -0.3 is 20.8 Å². The van der Waals surface area contributed by atoms with E-state index in [-0.39, 0.29) is 18.1 Å². The van der Waals surface area contributed by atoms with Crippen LogP contribution in [-0.4, -0.2) is 51.9 Å². The molecule has 1 amide bonds. The number of amides is 1. The van der Waals surface area contributed by atoms with Gasteiger partial charge in [-0.05, 0) is 30.5 Å². The summed E-state index contributed by atoms with van der Waals surface area (Å²) in [6, 6.07) is 6.00. The molecule has 0 unspecified atom stereocenters. The van der Waals surface area contributed by atoms with Gasteiger partial charge in [0.05, 0.1) is 25.1 Å². The van der Waals surface area contributed by atoms with E-state index in [1.165, 1.54) is 24.5 Å². The number of aliphatic hydroxyl groups excluding tert-OH is 2. The predicted octanol–water partition coefficient (Wildman–Crippen LogP) is 0.507. The van der Waals surface area contributed by atoms with Crippen LogP contribution in [0.1, 0.15) is 22.5 Å². The number of nitrogens with zero attached hydrogens (tertiary/aromatic N) is 3. The Balaban J connectivity index is 1.86. The van der Waals surface area contributed by atoms with Crippen LogP contribution in [0.4, 0.5) is 10.2 Å². The van der Waals surface area contributed by atoms with E-state index in [4.69, 9.17) is 5.73 Å². The summed E-state index contributed by atoms with van der Waals surface area (Å²) in [6.07, 6.45) is 2.89. The van der Waals surface area contributed by atoms with Crippen molar-refractivity contribution in [3.8, 4) is 0 Å². The fourth-order valence-electron chi connectivity index (χ4n) is 3.36. The Morgan fingerprint density at radius 2 is 2.08 bits per heavy atom. The first-order valence-electron chi connectivity index (χ1n) is 8.34. The van der Waals surface area contributed by atoms with E-state index in [0.29, 0.717) is 31.7 Å². The Labute approximate surface area is 150 Å². The second-order valence-corrected chi connectivity index (χ2v) is 6.68. The number of nitrogens with two attached hydrogens (primary N) is 1. The van der Waals surface area contributed by atoms with Crippen LogP contribution in [0.25, 0.3) is 0 Å². The molecule has 2 aromatic rings. The van der Waals surface area contributed by atoms with Crippen LogP contribution in [0.15, 0.2) is 36.7 Å². The first kappa shape index (κ1) is 18.2. The number of primary amides is 1. The number of hydrogen-bond acceptors (Lipinski definition) is 6. The normalized spacial score (nSPS) is 23.0. The van der Waals surface area contributed by atoms with Gasteiger partial charge >= 0.3 is 0 Å². The summed E-state index contributed by atoms with van der Waals surface area (Å²) in [5, 5.41) is 20.6. The third kappa shape index (κ3) is 3.66. The maximum atomic E-state index is 13.1. The highest BCUT2D eigenvalue weighted by atomic mass is 19.1. The van der Waals surface area contributed by atoms with Crippen LogP contribution in [0.3, 0.4) is 0 Å². The molecule has 2 heterocycles. The van der Waals surface area contributed by atoms with Gasteiger partial charge in [0.25, 0.3) is 5.91 Å². The smallest absolute Gasteiger partial charge is 0.268 e. The van der Waals surface area contributed by atoms with Crippen LogP contribution in [-0.2, 0) is 6.42 Å². The molecule has 1 aromatic carbocycles. The zero-order valence-corrected chi connectivity index (χ0v) is 14.2. The van der Waals surface area contributed by atoms with E-state index in [9.17, 15) is 19.4 Å². The lowest BCUT2D eigenvalue weighted by molar-refractivity contribution is -0.0293. The molecule has 4 N–H and O–H groups in total. The molecule has 1 saturated heterocycles. The summed E-state index contributed by atoms with van der Waals surface area (Å²) in [5.74, 6) is -0.544. The average Bonchev–Trinajstić information content (AvgIpc) is 2.65. The number of halogens is 1. The number of benzene rings is 1. The summed E-state index contributed by atoms with van der Waals surface area (Å²) in [7, 11) is 0. The lowest BCUT2D eigenvalue weighted by Gasteiger charge is -2.45. The van der Waals surface area contributed by atoms with Crippen molar-refractivity contribution in [1.29, 1.82) is 0 Å². The fourth-order valence-corrected chi connectivity index (χ4v) is 3.36. The molecule has 0 bridgehead atoms. The van der Waals surface area contributed by atoms with E-state index in [0.717, 1.165) is 5.56 Å². The number of anilines is 1. The van der Waals surface area contributed by atoms with Crippen molar-refractivity contribution in [2.45, 2.75) is 18.9 Å². The van der Waals surface area contributed by atoms with E-state index >= 15 is 0 Å². The molecule has 1 aliphatic rings. The first-order chi connectivity index (χ1) is 12.4. The molecule has 26 heavy (non-hydrogen) atoms. The number of rotatable bonds is 5. The lowest BCUT2D eigenvalue weighted by Crippen LogP contribution is -2.55. The maximum absolute atomic E-state index is 13.1. The molecule has 138 valence electrons. The zero-order valence-electron chi connectivity index (χ0n) is 14.2. The Morgan fingerprint density at radius 1 is 1.35 bits per heavy atom. The van der Waals surface area contributed by atoms with Crippen molar-refractivity contribution in [3.05, 3.63) is 53.7 Å². The number of hydrogen-bond donors (Lipinski definition) is 3. The average molecular weight is 360 g/mol. The Hall–Kier alpha value is -2.58. The van der Waals surface area contributed by atoms with Crippen LogP contribution < -0.4 is 10.6 Å². The molecule has 2 atom stereocenters. The van der Waals surface area contributed by atoms with E-state index in [1.54, 1.807) is 12.1 Å². The molecule has 3 rings (SSSR count). The summed E-state index contributed by atoms with van der Waals surface area (Å²) in [6.45, 7) is 0.577. The Kier molecular flexibility index (Phi) is 5.15. The summed E-state index contributed by atoms with van der Waals surface area (Å²) in [4.78, 5) is 21.4. The third-order valence-corrected chi connectivity index (χ3v) is 4.87. The highest BCUT2D eigenvalue weighted by Crippen LogP contribution is 2.35. The number of aromatic nitrogens is 2.